The fourth-order valence-corrected chi connectivity index (χ4v) is 4.26. The van der Waals surface area contributed by atoms with Crippen LogP contribution < -0.4 is 9.47 Å². The number of Topliss-reactive ketones (excluding diaryl/α,β-unsaturated/α-hetero) is 1. The molecule has 0 aliphatic rings. The van der Waals surface area contributed by atoms with Gasteiger partial charge in [0.05, 0.1) is 25.0 Å². The molecule has 0 aromatic heterocycles. The number of benzene rings is 2. The second-order valence-electron chi connectivity index (χ2n) is 5.83. The van der Waals surface area contributed by atoms with Crippen LogP contribution in [0.1, 0.15) is 36.8 Å². The zero-order valence-corrected chi connectivity index (χ0v) is 18.3. The average molecular weight is 484 g/mol. The predicted octanol–water partition coefficient (Wildman–Crippen LogP) is 5.71. The Kier molecular flexibility index (Phi) is 8.66. The molecule has 2 aromatic rings. The molecule has 0 amide bonds. The molecule has 26 heavy (non-hydrogen) atoms. The van der Waals surface area contributed by atoms with Gasteiger partial charge in [-0.3, -0.25) is 4.79 Å². The Balaban J connectivity index is 2.30. The molecule has 3 nitrogen and oxygen atoms in total. The Morgan fingerprint density at radius 1 is 0.846 bits per heavy atom. The molecule has 0 saturated carbocycles. The van der Waals surface area contributed by atoms with Crippen molar-refractivity contribution in [3.63, 3.8) is 0 Å². The van der Waals surface area contributed by atoms with Gasteiger partial charge in [-0.2, -0.15) is 0 Å². The van der Waals surface area contributed by atoms with Gasteiger partial charge in [-0.1, -0.05) is 56.1 Å². The first-order valence-corrected chi connectivity index (χ1v) is 11.0. The Morgan fingerprint density at radius 2 is 1.27 bits per heavy atom. The lowest BCUT2D eigenvalue weighted by atomic mass is 9.85. The molecule has 0 N–H and O–H groups in total. The van der Waals surface area contributed by atoms with Crippen LogP contribution in [0.4, 0.5) is 0 Å². The molecule has 2 rings (SSSR count). The van der Waals surface area contributed by atoms with E-state index in [1.807, 2.05) is 62.4 Å². The number of rotatable bonds is 10. The van der Waals surface area contributed by atoms with Crippen LogP contribution in [0, 0.1) is 0 Å². The van der Waals surface area contributed by atoms with Gasteiger partial charge in [-0.25, -0.2) is 0 Å². The van der Waals surface area contributed by atoms with Gasteiger partial charge in [0.15, 0.2) is 0 Å². The van der Waals surface area contributed by atoms with Gasteiger partial charge >= 0.3 is 0 Å². The van der Waals surface area contributed by atoms with E-state index in [1.54, 1.807) is 0 Å². The standard InChI is InChI=1S/C21H24Br2O3/c1-3-25-17-9-5-7-15(11-17)19(13-22)21(24)20(14-23)16-8-6-10-18(12-16)26-4-2/h5-12,19-20H,3-4,13-14H2,1-2H3. The summed E-state index contributed by atoms with van der Waals surface area (Å²) >= 11 is 7.05. The van der Waals surface area contributed by atoms with Gasteiger partial charge in [-0.05, 0) is 49.2 Å². The molecule has 2 unspecified atom stereocenters. The molecule has 2 atom stereocenters. The molecule has 0 heterocycles. The Bertz CT molecular complexity index is 658. The minimum absolute atomic E-state index is 0.168. The maximum absolute atomic E-state index is 13.3. The van der Waals surface area contributed by atoms with E-state index in [0.717, 1.165) is 22.6 Å². The summed E-state index contributed by atoms with van der Waals surface area (Å²) in [5.74, 6) is 1.26. The van der Waals surface area contributed by atoms with E-state index in [2.05, 4.69) is 31.9 Å². The van der Waals surface area contributed by atoms with E-state index < -0.39 is 0 Å². The van der Waals surface area contributed by atoms with Crippen molar-refractivity contribution in [2.24, 2.45) is 0 Å². The SMILES string of the molecule is CCOc1cccc(C(CBr)C(=O)C(CBr)c2cccc(OCC)c2)c1. The zero-order chi connectivity index (χ0) is 18.9. The molecule has 0 aliphatic heterocycles. The molecule has 0 saturated heterocycles. The number of ether oxygens (including phenoxy) is 2. The van der Waals surface area contributed by atoms with Crippen molar-refractivity contribution >= 4 is 37.6 Å². The van der Waals surface area contributed by atoms with Crippen molar-refractivity contribution in [2.45, 2.75) is 25.7 Å². The summed E-state index contributed by atoms with van der Waals surface area (Å²) in [6, 6.07) is 15.6. The largest absolute Gasteiger partial charge is 0.494 e. The number of hydrogen-bond acceptors (Lipinski definition) is 3. The highest BCUT2D eigenvalue weighted by atomic mass is 79.9. The summed E-state index contributed by atoms with van der Waals surface area (Å²) in [7, 11) is 0. The molecule has 0 aliphatic carbocycles. The van der Waals surface area contributed by atoms with Crippen LogP contribution in [0.2, 0.25) is 0 Å². The molecule has 0 spiro atoms. The molecular formula is C21H24Br2O3. The lowest BCUT2D eigenvalue weighted by molar-refractivity contribution is -0.121. The number of carbonyl (C=O) groups is 1. The average Bonchev–Trinajstić information content (AvgIpc) is 2.64. The highest BCUT2D eigenvalue weighted by Gasteiger charge is 2.28. The van der Waals surface area contributed by atoms with Crippen LogP contribution in [-0.2, 0) is 4.79 Å². The maximum Gasteiger partial charge on any atom is 0.149 e. The van der Waals surface area contributed by atoms with E-state index in [9.17, 15) is 4.79 Å². The first-order chi connectivity index (χ1) is 12.6. The number of hydrogen-bond donors (Lipinski definition) is 0. The second kappa shape index (κ2) is 10.7. The zero-order valence-electron chi connectivity index (χ0n) is 15.1. The van der Waals surface area contributed by atoms with E-state index in [-0.39, 0.29) is 17.6 Å². The number of alkyl halides is 2. The quantitative estimate of drug-likeness (QED) is 0.406. The summed E-state index contributed by atoms with van der Waals surface area (Å²) in [5.41, 5.74) is 1.93. The van der Waals surface area contributed by atoms with Crippen LogP contribution in [-0.4, -0.2) is 29.7 Å². The lowest BCUT2D eigenvalue weighted by Gasteiger charge is -2.21. The van der Waals surface area contributed by atoms with Crippen molar-refractivity contribution in [2.75, 3.05) is 23.9 Å². The van der Waals surface area contributed by atoms with Crippen molar-refractivity contribution in [1.82, 2.24) is 0 Å². The summed E-state index contributed by atoms with van der Waals surface area (Å²) in [6.07, 6.45) is 0. The van der Waals surface area contributed by atoms with Crippen LogP contribution in [0.3, 0.4) is 0 Å². The monoisotopic (exact) mass is 482 g/mol. The topological polar surface area (TPSA) is 35.5 Å². The van der Waals surface area contributed by atoms with Gasteiger partial charge < -0.3 is 9.47 Å². The summed E-state index contributed by atoms with van der Waals surface area (Å²) in [5, 5.41) is 1.13. The number of carbonyl (C=O) groups excluding carboxylic acids is 1. The molecule has 140 valence electrons. The third kappa shape index (κ3) is 5.34. The Labute approximate surface area is 172 Å². The highest BCUT2D eigenvalue weighted by Crippen LogP contribution is 2.32. The maximum atomic E-state index is 13.3. The van der Waals surface area contributed by atoms with Crippen LogP contribution >= 0.6 is 31.9 Å². The van der Waals surface area contributed by atoms with Gasteiger partial charge in [0.2, 0.25) is 0 Å². The summed E-state index contributed by atoms with van der Waals surface area (Å²) in [4.78, 5) is 13.3. The third-order valence-corrected chi connectivity index (χ3v) is 5.43. The summed E-state index contributed by atoms with van der Waals surface area (Å²) in [6.45, 7) is 5.10. The summed E-state index contributed by atoms with van der Waals surface area (Å²) < 4.78 is 11.2. The predicted molar refractivity (Wildman–Crippen MR) is 113 cm³/mol. The first-order valence-electron chi connectivity index (χ1n) is 8.75. The van der Waals surface area contributed by atoms with Crippen molar-refractivity contribution in [1.29, 1.82) is 0 Å². The van der Waals surface area contributed by atoms with Gasteiger partial charge in [0.25, 0.3) is 0 Å². The fourth-order valence-electron chi connectivity index (χ4n) is 2.88. The first kappa shape index (κ1) is 21.0. The number of ketones is 1. The van der Waals surface area contributed by atoms with Gasteiger partial charge in [0, 0.05) is 10.7 Å². The van der Waals surface area contributed by atoms with Crippen molar-refractivity contribution in [3.05, 3.63) is 59.7 Å². The molecular weight excluding hydrogens is 460 g/mol. The van der Waals surface area contributed by atoms with E-state index in [0.29, 0.717) is 23.9 Å². The molecule has 5 heteroatoms. The second-order valence-corrected chi connectivity index (χ2v) is 7.12. The van der Waals surface area contributed by atoms with Crippen LogP contribution in [0.5, 0.6) is 11.5 Å². The normalized spacial score (nSPS) is 13.1. The van der Waals surface area contributed by atoms with E-state index in [4.69, 9.17) is 9.47 Å². The number of halogens is 2. The van der Waals surface area contributed by atoms with Crippen molar-refractivity contribution < 1.29 is 14.3 Å². The van der Waals surface area contributed by atoms with Crippen LogP contribution in [0.25, 0.3) is 0 Å². The molecule has 0 fully saturated rings. The molecule has 2 aromatic carbocycles. The van der Waals surface area contributed by atoms with Gasteiger partial charge in [-0.15, -0.1) is 0 Å². The lowest BCUT2D eigenvalue weighted by Crippen LogP contribution is -2.23. The fraction of sp³-hybridized carbons (Fsp3) is 0.381. The Morgan fingerprint density at radius 3 is 1.62 bits per heavy atom. The van der Waals surface area contributed by atoms with E-state index in [1.165, 1.54) is 0 Å². The van der Waals surface area contributed by atoms with E-state index >= 15 is 0 Å². The smallest absolute Gasteiger partial charge is 0.149 e. The highest BCUT2D eigenvalue weighted by molar-refractivity contribution is 9.09. The van der Waals surface area contributed by atoms with Gasteiger partial charge in [0.1, 0.15) is 17.3 Å². The van der Waals surface area contributed by atoms with Crippen molar-refractivity contribution in [3.8, 4) is 11.5 Å². The molecule has 0 radical (unpaired) electrons. The third-order valence-electron chi connectivity index (χ3n) is 4.14. The van der Waals surface area contributed by atoms with Crippen LogP contribution in [0.15, 0.2) is 48.5 Å². The minimum atomic E-state index is -0.242. The Hall–Kier alpha value is -1.33. The molecule has 0 bridgehead atoms. The minimum Gasteiger partial charge on any atom is -0.494 e.